The van der Waals surface area contributed by atoms with Crippen LogP contribution in [0.25, 0.3) is 10.9 Å². The van der Waals surface area contributed by atoms with Crippen molar-refractivity contribution >= 4 is 16.7 Å². The molecule has 3 aromatic rings. The average Bonchev–Trinajstić information content (AvgIpc) is 2.45. The zero-order valence-electron chi connectivity index (χ0n) is 11.2. The number of pyridine rings is 1. The fraction of sp³-hybridized carbons (Fsp3) is 0.0588. The van der Waals surface area contributed by atoms with E-state index in [0.717, 1.165) is 29.1 Å². The summed E-state index contributed by atoms with van der Waals surface area (Å²) in [6.45, 7) is 1.87. The number of aromatic nitrogens is 1. The predicted molar refractivity (Wildman–Crippen MR) is 76.3 cm³/mol. The van der Waals surface area contributed by atoms with E-state index in [9.17, 15) is 13.6 Å². The molecule has 0 saturated carbocycles. The van der Waals surface area contributed by atoms with Gasteiger partial charge < -0.3 is 0 Å². The molecule has 0 aliphatic rings. The van der Waals surface area contributed by atoms with Gasteiger partial charge in [0, 0.05) is 17.0 Å². The number of aryl methyl sites for hydroxylation is 1. The Hall–Kier alpha value is -2.62. The third-order valence-electron chi connectivity index (χ3n) is 3.28. The van der Waals surface area contributed by atoms with Gasteiger partial charge >= 0.3 is 0 Å². The number of carbonyl (C=O) groups excluding carboxylic acids is 1. The quantitative estimate of drug-likeness (QED) is 0.664. The van der Waals surface area contributed by atoms with Crippen molar-refractivity contribution in [2.75, 3.05) is 0 Å². The molecule has 0 amide bonds. The smallest absolute Gasteiger partial charge is 0.211 e. The molecule has 0 atom stereocenters. The van der Waals surface area contributed by atoms with Crippen molar-refractivity contribution in [3.63, 3.8) is 0 Å². The number of fused-ring (bicyclic) bond motifs is 1. The molecule has 1 heterocycles. The Balaban J connectivity index is 2.13. The third-order valence-corrected chi connectivity index (χ3v) is 3.28. The van der Waals surface area contributed by atoms with Gasteiger partial charge in [-0.2, -0.15) is 0 Å². The molecule has 0 unspecified atom stereocenters. The second-order valence-electron chi connectivity index (χ2n) is 4.83. The van der Waals surface area contributed by atoms with Gasteiger partial charge in [0.25, 0.3) is 0 Å². The summed E-state index contributed by atoms with van der Waals surface area (Å²) in [5.41, 5.74) is 1.70. The third kappa shape index (κ3) is 2.52. The van der Waals surface area contributed by atoms with Gasteiger partial charge in [0.1, 0.15) is 17.3 Å². The first kappa shape index (κ1) is 13.4. The minimum absolute atomic E-state index is 0.0466. The van der Waals surface area contributed by atoms with Crippen LogP contribution in [0, 0.1) is 18.6 Å². The van der Waals surface area contributed by atoms with Gasteiger partial charge in [-0.25, -0.2) is 13.8 Å². The van der Waals surface area contributed by atoms with Crippen molar-refractivity contribution < 1.29 is 13.6 Å². The molecule has 0 bridgehead atoms. The second-order valence-corrected chi connectivity index (χ2v) is 4.83. The van der Waals surface area contributed by atoms with Crippen molar-refractivity contribution in [2.45, 2.75) is 6.92 Å². The van der Waals surface area contributed by atoms with E-state index in [1.165, 1.54) is 0 Å². The molecule has 21 heavy (non-hydrogen) atoms. The van der Waals surface area contributed by atoms with Crippen LogP contribution >= 0.6 is 0 Å². The first-order valence-corrected chi connectivity index (χ1v) is 6.42. The Bertz CT molecular complexity index is 838. The molecule has 0 aliphatic carbocycles. The summed E-state index contributed by atoms with van der Waals surface area (Å²) in [6, 6.07) is 11.8. The van der Waals surface area contributed by atoms with E-state index < -0.39 is 17.4 Å². The number of hydrogen-bond acceptors (Lipinski definition) is 2. The van der Waals surface area contributed by atoms with Gasteiger partial charge in [0.2, 0.25) is 5.78 Å². The Morgan fingerprint density at radius 2 is 1.67 bits per heavy atom. The molecule has 4 heteroatoms. The van der Waals surface area contributed by atoms with E-state index in [4.69, 9.17) is 0 Å². The van der Waals surface area contributed by atoms with Crippen LogP contribution in [0.15, 0.2) is 48.5 Å². The largest absolute Gasteiger partial charge is 0.287 e. The highest BCUT2D eigenvalue weighted by atomic mass is 19.1. The number of hydrogen-bond donors (Lipinski definition) is 0. The summed E-state index contributed by atoms with van der Waals surface area (Å²) in [6.07, 6.45) is 0. The molecular weight excluding hydrogens is 272 g/mol. The van der Waals surface area contributed by atoms with Gasteiger partial charge in [-0.3, -0.25) is 4.79 Å². The van der Waals surface area contributed by atoms with Crippen LogP contribution in [-0.4, -0.2) is 10.8 Å². The van der Waals surface area contributed by atoms with Crippen LogP contribution < -0.4 is 0 Å². The highest BCUT2D eigenvalue weighted by Crippen LogP contribution is 2.20. The molecule has 0 radical (unpaired) electrons. The van der Waals surface area contributed by atoms with Crippen molar-refractivity contribution in [1.29, 1.82) is 0 Å². The highest BCUT2D eigenvalue weighted by Gasteiger charge is 2.14. The second kappa shape index (κ2) is 5.05. The van der Waals surface area contributed by atoms with Crippen molar-refractivity contribution in [2.24, 2.45) is 0 Å². The minimum atomic E-state index is -0.782. The van der Waals surface area contributed by atoms with E-state index in [0.29, 0.717) is 5.52 Å². The van der Waals surface area contributed by atoms with Crippen LogP contribution in [0.3, 0.4) is 0 Å². The Morgan fingerprint density at radius 1 is 1.00 bits per heavy atom. The summed E-state index contributed by atoms with van der Waals surface area (Å²) in [7, 11) is 0. The molecule has 0 spiro atoms. The number of rotatable bonds is 2. The SMILES string of the molecule is Cc1cc(C(=O)c2cc(F)cc(F)c2)nc2ccccc12. The lowest BCUT2D eigenvalue weighted by Crippen LogP contribution is -2.06. The molecule has 3 rings (SSSR count). The molecule has 104 valence electrons. The van der Waals surface area contributed by atoms with Gasteiger partial charge in [-0.05, 0) is 36.8 Å². The molecule has 1 aromatic heterocycles. The molecule has 2 aromatic carbocycles. The predicted octanol–water partition coefficient (Wildman–Crippen LogP) is 4.05. The van der Waals surface area contributed by atoms with Crippen LogP contribution in [-0.2, 0) is 0 Å². The number of nitrogens with zero attached hydrogens (tertiary/aromatic N) is 1. The number of para-hydroxylation sites is 1. The fourth-order valence-electron chi connectivity index (χ4n) is 2.30. The highest BCUT2D eigenvalue weighted by molar-refractivity contribution is 6.08. The maximum atomic E-state index is 13.2. The molecular formula is C17H11F2NO. The maximum absolute atomic E-state index is 13.2. The molecule has 0 N–H and O–H groups in total. The Labute approximate surface area is 120 Å². The van der Waals surface area contributed by atoms with E-state index >= 15 is 0 Å². The van der Waals surface area contributed by atoms with Gasteiger partial charge in [-0.15, -0.1) is 0 Å². The summed E-state index contributed by atoms with van der Waals surface area (Å²) in [4.78, 5) is 16.6. The van der Waals surface area contributed by atoms with E-state index in [-0.39, 0.29) is 11.3 Å². The van der Waals surface area contributed by atoms with Crippen LogP contribution in [0.2, 0.25) is 0 Å². The normalized spacial score (nSPS) is 10.8. The van der Waals surface area contributed by atoms with E-state index in [2.05, 4.69) is 4.98 Å². The first-order valence-electron chi connectivity index (χ1n) is 6.42. The molecule has 0 aliphatic heterocycles. The molecule has 0 fully saturated rings. The lowest BCUT2D eigenvalue weighted by molar-refractivity contribution is 0.103. The van der Waals surface area contributed by atoms with Crippen LogP contribution in [0.4, 0.5) is 8.78 Å². The Morgan fingerprint density at radius 3 is 2.38 bits per heavy atom. The lowest BCUT2D eigenvalue weighted by atomic mass is 10.0. The van der Waals surface area contributed by atoms with Crippen molar-refractivity contribution in [1.82, 2.24) is 4.98 Å². The molecule has 2 nitrogen and oxygen atoms in total. The van der Waals surface area contributed by atoms with Gasteiger partial charge in [0.05, 0.1) is 5.52 Å². The average molecular weight is 283 g/mol. The van der Waals surface area contributed by atoms with Crippen molar-refractivity contribution in [3.05, 3.63) is 77.0 Å². The van der Waals surface area contributed by atoms with Crippen LogP contribution in [0.1, 0.15) is 21.6 Å². The standard InChI is InChI=1S/C17H11F2NO/c1-10-6-16(20-15-5-3-2-4-14(10)15)17(21)11-7-12(18)9-13(19)8-11/h2-9H,1H3. The van der Waals surface area contributed by atoms with Crippen LogP contribution in [0.5, 0.6) is 0 Å². The number of carbonyl (C=O) groups is 1. The summed E-state index contributed by atoms with van der Waals surface area (Å²) in [5.74, 6) is -2.06. The van der Waals surface area contributed by atoms with E-state index in [1.807, 2.05) is 25.1 Å². The number of ketones is 1. The number of halogens is 2. The summed E-state index contributed by atoms with van der Waals surface area (Å²) < 4.78 is 26.4. The molecule has 0 saturated heterocycles. The minimum Gasteiger partial charge on any atom is -0.287 e. The zero-order chi connectivity index (χ0) is 15.0. The number of benzene rings is 2. The zero-order valence-corrected chi connectivity index (χ0v) is 11.2. The van der Waals surface area contributed by atoms with E-state index in [1.54, 1.807) is 12.1 Å². The Kier molecular flexibility index (Phi) is 3.22. The summed E-state index contributed by atoms with van der Waals surface area (Å²) >= 11 is 0. The van der Waals surface area contributed by atoms with Gasteiger partial charge in [0.15, 0.2) is 0 Å². The monoisotopic (exact) mass is 283 g/mol. The van der Waals surface area contributed by atoms with Gasteiger partial charge in [-0.1, -0.05) is 18.2 Å². The fourth-order valence-corrected chi connectivity index (χ4v) is 2.30. The maximum Gasteiger partial charge on any atom is 0.211 e. The summed E-state index contributed by atoms with van der Waals surface area (Å²) in [5, 5.41) is 0.944. The topological polar surface area (TPSA) is 30.0 Å². The lowest BCUT2D eigenvalue weighted by Gasteiger charge is -2.06. The van der Waals surface area contributed by atoms with Crippen molar-refractivity contribution in [3.8, 4) is 0 Å². The first-order chi connectivity index (χ1) is 10.0.